The Morgan fingerprint density at radius 3 is 2.14 bits per heavy atom. The van der Waals surface area contributed by atoms with Gasteiger partial charge in [-0.3, -0.25) is 9.59 Å². The molecule has 2 rings (SSSR count). The molecule has 0 aliphatic carbocycles. The zero-order valence-electron chi connectivity index (χ0n) is 15.2. The maximum absolute atomic E-state index is 12.7. The molecule has 2 aromatic rings. The van der Waals surface area contributed by atoms with Gasteiger partial charge >= 0.3 is 6.18 Å². The van der Waals surface area contributed by atoms with E-state index >= 15 is 0 Å². The van der Waals surface area contributed by atoms with Gasteiger partial charge in [0, 0.05) is 5.56 Å². The van der Waals surface area contributed by atoms with Crippen LogP contribution in [0.2, 0.25) is 0 Å². The highest BCUT2D eigenvalue weighted by Gasteiger charge is 2.30. The minimum atomic E-state index is -4.55. The number of rotatable bonds is 7. The van der Waals surface area contributed by atoms with E-state index in [-0.39, 0.29) is 12.1 Å². The zero-order chi connectivity index (χ0) is 20.7. The molecule has 2 amide bonds. The summed E-state index contributed by atoms with van der Waals surface area (Å²) in [6, 6.07) is 9.11. The van der Waals surface area contributed by atoms with Gasteiger partial charge in [-0.05, 0) is 30.3 Å². The zero-order valence-corrected chi connectivity index (χ0v) is 15.2. The molecule has 0 saturated heterocycles. The van der Waals surface area contributed by atoms with Crippen molar-refractivity contribution in [2.45, 2.75) is 12.7 Å². The molecular formula is C19H19F3N2O4. The number of methoxy groups -OCH3 is 2. The van der Waals surface area contributed by atoms with Crippen LogP contribution in [0.4, 0.5) is 13.2 Å². The summed E-state index contributed by atoms with van der Waals surface area (Å²) < 4.78 is 48.6. The molecule has 0 spiro atoms. The van der Waals surface area contributed by atoms with Crippen LogP contribution in [-0.2, 0) is 17.5 Å². The lowest BCUT2D eigenvalue weighted by molar-refractivity contribution is -0.137. The maximum Gasteiger partial charge on any atom is 0.416 e. The van der Waals surface area contributed by atoms with Crippen LogP contribution < -0.4 is 20.1 Å². The first-order valence-electron chi connectivity index (χ1n) is 8.18. The lowest BCUT2D eigenvalue weighted by atomic mass is 10.1. The van der Waals surface area contributed by atoms with E-state index in [0.717, 1.165) is 18.2 Å². The van der Waals surface area contributed by atoms with Gasteiger partial charge < -0.3 is 20.1 Å². The molecule has 0 aromatic heterocycles. The number of halogens is 3. The van der Waals surface area contributed by atoms with E-state index in [4.69, 9.17) is 9.47 Å². The molecule has 0 atom stereocenters. The Bertz CT molecular complexity index is 831. The van der Waals surface area contributed by atoms with E-state index in [0.29, 0.717) is 17.1 Å². The monoisotopic (exact) mass is 396 g/mol. The van der Waals surface area contributed by atoms with Crippen molar-refractivity contribution in [1.29, 1.82) is 0 Å². The Morgan fingerprint density at radius 1 is 0.964 bits per heavy atom. The van der Waals surface area contributed by atoms with Crippen molar-refractivity contribution in [2.24, 2.45) is 0 Å². The minimum absolute atomic E-state index is 0.0887. The van der Waals surface area contributed by atoms with Crippen molar-refractivity contribution in [3.8, 4) is 11.5 Å². The van der Waals surface area contributed by atoms with E-state index in [2.05, 4.69) is 10.6 Å². The third-order valence-corrected chi connectivity index (χ3v) is 3.85. The number of nitrogens with one attached hydrogen (secondary N) is 2. The Morgan fingerprint density at radius 2 is 1.57 bits per heavy atom. The molecule has 9 heteroatoms. The SMILES string of the molecule is COc1cccc(OC)c1CNC(=O)CNC(=O)c1cccc(C(F)(F)F)c1. The molecule has 28 heavy (non-hydrogen) atoms. The average Bonchev–Trinajstić information content (AvgIpc) is 2.69. The molecule has 0 aliphatic heterocycles. The van der Waals surface area contributed by atoms with E-state index < -0.39 is 30.1 Å². The second kappa shape index (κ2) is 9.12. The van der Waals surface area contributed by atoms with Crippen LogP contribution in [0.3, 0.4) is 0 Å². The Kier molecular flexibility index (Phi) is 6.86. The molecule has 0 bridgehead atoms. The Hall–Kier alpha value is -3.23. The molecule has 0 saturated carbocycles. The summed E-state index contributed by atoms with van der Waals surface area (Å²) in [5.74, 6) is -0.260. The first-order chi connectivity index (χ1) is 13.3. The fourth-order valence-corrected chi connectivity index (χ4v) is 2.45. The average molecular weight is 396 g/mol. The highest BCUT2D eigenvalue weighted by atomic mass is 19.4. The number of ether oxygens (including phenoxy) is 2. The Balaban J connectivity index is 1.94. The number of alkyl halides is 3. The second-order valence-corrected chi connectivity index (χ2v) is 5.68. The summed E-state index contributed by atoms with van der Waals surface area (Å²) in [6.07, 6.45) is -4.55. The standard InChI is InChI=1S/C19H19F3N2O4/c1-27-15-7-4-8-16(28-2)14(15)10-23-17(25)11-24-18(26)12-5-3-6-13(9-12)19(20,21)22/h3-9H,10-11H2,1-2H3,(H,23,25)(H,24,26). The molecule has 2 N–H and O–H groups in total. The van der Waals surface area contributed by atoms with Gasteiger partial charge in [0.1, 0.15) is 11.5 Å². The summed E-state index contributed by atoms with van der Waals surface area (Å²) in [6.45, 7) is -0.308. The largest absolute Gasteiger partial charge is 0.496 e. The summed E-state index contributed by atoms with van der Waals surface area (Å²) in [5.41, 5.74) is -0.507. The fourth-order valence-electron chi connectivity index (χ4n) is 2.45. The number of amides is 2. The van der Waals surface area contributed by atoms with Gasteiger partial charge in [0.25, 0.3) is 5.91 Å². The van der Waals surface area contributed by atoms with Gasteiger partial charge in [-0.2, -0.15) is 13.2 Å². The predicted molar refractivity (Wildman–Crippen MR) is 95.2 cm³/mol. The normalized spacial score (nSPS) is 10.9. The van der Waals surface area contributed by atoms with Gasteiger partial charge in [-0.25, -0.2) is 0 Å². The lowest BCUT2D eigenvalue weighted by Gasteiger charge is -2.14. The van der Waals surface area contributed by atoms with Gasteiger partial charge in [0.2, 0.25) is 5.91 Å². The van der Waals surface area contributed by atoms with Gasteiger partial charge in [-0.15, -0.1) is 0 Å². The van der Waals surface area contributed by atoms with Crippen molar-refractivity contribution < 1.29 is 32.2 Å². The third kappa shape index (κ3) is 5.38. The van der Waals surface area contributed by atoms with Crippen molar-refractivity contribution >= 4 is 11.8 Å². The van der Waals surface area contributed by atoms with Gasteiger partial charge in [0.15, 0.2) is 0 Å². The topological polar surface area (TPSA) is 76.7 Å². The summed E-state index contributed by atoms with van der Waals surface area (Å²) >= 11 is 0. The molecule has 6 nitrogen and oxygen atoms in total. The van der Waals surface area contributed by atoms with Crippen molar-refractivity contribution in [3.63, 3.8) is 0 Å². The summed E-state index contributed by atoms with van der Waals surface area (Å²) in [7, 11) is 2.96. The third-order valence-electron chi connectivity index (χ3n) is 3.85. The van der Waals surface area contributed by atoms with E-state index in [1.807, 2.05) is 0 Å². The number of carbonyl (C=O) groups excluding carboxylic acids is 2. The molecule has 150 valence electrons. The number of hydrogen-bond donors (Lipinski definition) is 2. The maximum atomic E-state index is 12.7. The van der Waals surface area contributed by atoms with Crippen LogP contribution >= 0.6 is 0 Å². The van der Waals surface area contributed by atoms with E-state index in [1.165, 1.54) is 20.3 Å². The highest BCUT2D eigenvalue weighted by molar-refractivity contribution is 5.96. The molecule has 0 heterocycles. The number of hydrogen-bond acceptors (Lipinski definition) is 4. The van der Waals surface area contributed by atoms with E-state index in [1.54, 1.807) is 18.2 Å². The molecule has 0 fully saturated rings. The van der Waals surface area contributed by atoms with Crippen LogP contribution in [0.25, 0.3) is 0 Å². The highest BCUT2D eigenvalue weighted by Crippen LogP contribution is 2.29. The first-order valence-corrected chi connectivity index (χ1v) is 8.18. The van der Waals surface area contributed by atoms with Gasteiger partial charge in [0.05, 0.1) is 38.4 Å². The number of benzene rings is 2. The van der Waals surface area contributed by atoms with Crippen molar-refractivity contribution in [3.05, 3.63) is 59.2 Å². The summed E-state index contributed by atoms with van der Waals surface area (Å²) in [5, 5.41) is 4.89. The minimum Gasteiger partial charge on any atom is -0.496 e. The molecular weight excluding hydrogens is 377 g/mol. The molecule has 0 unspecified atom stereocenters. The van der Waals surface area contributed by atoms with E-state index in [9.17, 15) is 22.8 Å². The van der Waals surface area contributed by atoms with Crippen LogP contribution in [0.15, 0.2) is 42.5 Å². The second-order valence-electron chi connectivity index (χ2n) is 5.68. The summed E-state index contributed by atoms with van der Waals surface area (Å²) in [4.78, 5) is 24.0. The van der Waals surface area contributed by atoms with Crippen molar-refractivity contribution in [2.75, 3.05) is 20.8 Å². The quantitative estimate of drug-likeness (QED) is 0.755. The smallest absolute Gasteiger partial charge is 0.416 e. The predicted octanol–water partition coefficient (Wildman–Crippen LogP) is 2.77. The first kappa shape index (κ1) is 21.1. The fraction of sp³-hybridized carbons (Fsp3) is 0.263. The molecule has 0 radical (unpaired) electrons. The van der Waals surface area contributed by atoms with Crippen LogP contribution in [0.5, 0.6) is 11.5 Å². The van der Waals surface area contributed by atoms with Crippen molar-refractivity contribution in [1.82, 2.24) is 10.6 Å². The van der Waals surface area contributed by atoms with Crippen LogP contribution in [0, 0.1) is 0 Å². The van der Waals surface area contributed by atoms with Crippen LogP contribution in [0.1, 0.15) is 21.5 Å². The van der Waals surface area contributed by atoms with Crippen LogP contribution in [-0.4, -0.2) is 32.6 Å². The molecule has 2 aromatic carbocycles. The lowest BCUT2D eigenvalue weighted by Crippen LogP contribution is -2.36. The van der Waals surface area contributed by atoms with Gasteiger partial charge in [-0.1, -0.05) is 12.1 Å². The number of carbonyl (C=O) groups is 2. The molecule has 0 aliphatic rings. The Labute approximate surface area is 159 Å².